The molecule has 1 saturated heterocycles. The molecule has 2 unspecified atom stereocenters. The number of nitrogens with one attached hydrogen (secondary N) is 1. The first kappa shape index (κ1) is 13.6. The van der Waals surface area contributed by atoms with Gasteiger partial charge in [0.05, 0.1) is 12.8 Å². The first-order valence-electron chi connectivity index (χ1n) is 7.09. The van der Waals surface area contributed by atoms with E-state index in [4.69, 9.17) is 4.42 Å². The Bertz CT molecular complexity index is 372. The molecule has 1 aliphatic heterocycles. The smallest absolute Gasteiger partial charge is 0.122 e. The summed E-state index contributed by atoms with van der Waals surface area (Å²) in [4.78, 5) is 2.53. The molecule has 0 aromatic carbocycles. The van der Waals surface area contributed by atoms with Crippen LogP contribution in [0.4, 0.5) is 0 Å². The van der Waals surface area contributed by atoms with E-state index < -0.39 is 0 Å². The lowest BCUT2D eigenvalue weighted by Gasteiger charge is -2.20. The van der Waals surface area contributed by atoms with Gasteiger partial charge in [-0.15, -0.1) is 0 Å². The quantitative estimate of drug-likeness (QED) is 0.871. The maximum Gasteiger partial charge on any atom is 0.122 e. The van der Waals surface area contributed by atoms with Gasteiger partial charge in [-0.1, -0.05) is 20.8 Å². The van der Waals surface area contributed by atoms with Crippen LogP contribution in [-0.2, 0) is 13.1 Å². The molecule has 3 nitrogen and oxygen atoms in total. The van der Waals surface area contributed by atoms with Gasteiger partial charge >= 0.3 is 0 Å². The van der Waals surface area contributed by atoms with Gasteiger partial charge in [0.15, 0.2) is 0 Å². The zero-order valence-electron chi connectivity index (χ0n) is 12.1. The maximum absolute atomic E-state index is 5.66. The van der Waals surface area contributed by atoms with E-state index in [9.17, 15) is 0 Å². The molecule has 2 rings (SSSR count). The second-order valence-corrected chi connectivity index (χ2v) is 6.02. The van der Waals surface area contributed by atoms with Crippen LogP contribution in [0.1, 0.15) is 45.4 Å². The zero-order valence-corrected chi connectivity index (χ0v) is 12.1. The number of hydrogen-bond acceptors (Lipinski definition) is 3. The third kappa shape index (κ3) is 3.36. The van der Waals surface area contributed by atoms with Gasteiger partial charge in [0.1, 0.15) is 5.76 Å². The summed E-state index contributed by atoms with van der Waals surface area (Å²) in [6, 6.07) is 3.28. The van der Waals surface area contributed by atoms with Crippen LogP contribution < -0.4 is 5.32 Å². The van der Waals surface area contributed by atoms with Gasteiger partial charge in [-0.2, -0.15) is 0 Å². The van der Waals surface area contributed by atoms with Crippen LogP contribution in [0.25, 0.3) is 0 Å². The van der Waals surface area contributed by atoms with E-state index in [1.165, 1.54) is 18.5 Å². The lowest BCUT2D eigenvalue weighted by Crippen LogP contribution is -2.27. The second-order valence-electron chi connectivity index (χ2n) is 6.02. The van der Waals surface area contributed by atoms with Crippen molar-refractivity contribution in [2.75, 3.05) is 6.54 Å². The Balaban J connectivity index is 1.95. The molecule has 2 heterocycles. The molecule has 2 atom stereocenters. The average Bonchev–Trinajstić information content (AvgIpc) is 2.84. The highest BCUT2D eigenvalue weighted by molar-refractivity contribution is 5.17. The Hall–Kier alpha value is -0.800. The highest BCUT2D eigenvalue weighted by Gasteiger charge is 2.27. The van der Waals surface area contributed by atoms with Gasteiger partial charge in [-0.25, -0.2) is 0 Å². The molecule has 0 amide bonds. The predicted octanol–water partition coefficient (Wildman–Crippen LogP) is 3.01. The summed E-state index contributed by atoms with van der Waals surface area (Å²) in [5.41, 5.74) is 1.30. The molecule has 1 N–H and O–H groups in total. The molecule has 18 heavy (non-hydrogen) atoms. The largest absolute Gasteiger partial charge is 0.468 e. The molecule has 0 saturated carbocycles. The standard InChI is InChI=1S/C15H26N2O/c1-11(2)16-8-14-5-6-18-15(14)10-17-9-12(3)7-13(17)4/h5-6,11-13,16H,7-10H2,1-4H3. The van der Waals surface area contributed by atoms with Crippen molar-refractivity contribution >= 4 is 0 Å². The van der Waals surface area contributed by atoms with E-state index in [-0.39, 0.29) is 0 Å². The first-order valence-corrected chi connectivity index (χ1v) is 7.09. The van der Waals surface area contributed by atoms with Crippen LogP contribution in [-0.4, -0.2) is 23.5 Å². The van der Waals surface area contributed by atoms with Crippen molar-refractivity contribution in [3.63, 3.8) is 0 Å². The van der Waals surface area contributed by atoms with Crippen molar-refractivity contribution in [1.29, 1.82) is 0 Å². The van der Waals surface area contributed by atoms with Crippen LogP contribution in [0.5, 0.6) is 0 Å². The lowest BCUT2D eigenvalue weighted by molar-refractivity contribution is 0.234. The number of likely N-dealkylation sites (tertiary alicyclic amines) is 1. The molecular weight excluding hydrogens is 224 g/mol. The second kappa shape index (κ2) is 5.89. The van der Waals surface area contributed by atoms with Crippen molar-refractivity contribution < 1.29 is 4.42 Å². The average molecular weight is 250 g/mol. The van der Waals surface area contributed by atoms with Gasteiger partial charge in [0.25, 0.3) is 0 Å². The van der Waals surface area contributed by atoms with E-state index in [2.05, 4.69) is 44.0 Å². The Labute approximate surface area is 111 Å². The van der Waals surface area contributed by atoms with Crippen molar-refractivity contribution in [3.8, 4) is 0 Å². The monoisotopic (exact) mass is 250 g/mol. The fraction of sp³-hybridized carbons (Fsp3) is 0.733. The summed E-state index contributed by atoms with van der Waals surface area (Å²) >= 11 is 0. The third-order valence-electron chi connectivity index (χ3n) is 3.80. The molecule has 0 spiro atoms. The molecule has 0 radical (unpaired) electrons. The Morgan fingerprint density at radius 1 is 1.44 bits per heavy atom. The molecular formula is C15H26N2O. The van der Waals surface area contributed by atoms with Gasteiger partial charge in [0, 0.05) is 30.7 Å². The summed E-state index contributed by atoms with van der Waals surface area (Å²) in [6.07, 6.45) is 3.12. The Kier molecular flexibility index (Phi) is 4.46. The highest BCUT2D eigenvalue weighted by Crippen LogP contribution is 2.25. The molecule has 0 bridgehead atoms. The van der Waals surface area contributed by atoms with Crippen LogP contribution in [0.15, 0.2) is 16.7 Å². The summed E-state index contributed by atoms with van der Waals surface area (Å²) in [5, 5.41) is 3.45. The van der Waals surface area contributed by atoms with Crippen LogP contribution in [0, 0.1) is 5.92 Å². The van der Waals surface area contributed by atoms with Crippen molar-refractivity contribution in [1.82, 2.24) is 10.2 Å². The van der Waals surface area contributed by atoms with E-state index in [0.29, 0.717) is 12.1 Å². The van der Waals surface area contributed by atoms with Crippen LogP contribution in [0.2, 0.25) is 0 Å². The van der Waals surface area contributed by atoms with Crippen LogP contribution in [0.3, 0.4) is 0 Å². The molecule has 3 heteroatoms. The Morgan fingerprint density at radius 2 is 2.22 bits per heavy atom. The van der Waals surface area contributed by atoms with Gasteiger partial charge in [0.2, 0.25) is 0 Å². The highest BCUT2D eigenvalue weighted by atomic mass is 16.3. The van der Waals surface area contributed by atoms with E-state index in [0.717, 1.165) is 24.8 Å². The minimum Gasteiger partial charge on any atom is -0.468 e. The topological polar surface area (TPSA) is 28.4 Å². The summed E-state index contributed by atoms with van der Waals surface area (Å²) in [5.74, 6) is 1.94. The summed E-state index contributed by atoms with van der Waals surface area (Å²) in [7, 11) is 0. The van der Waals surface area contributed by atoms with Crippen molar-refractivity contribution in [2.45, 2.75) is 59.3 Å². The number of nitrogens with zero attached hydrogens (tertiary/aromatic N) is 1. The van der Waals surface area contributed by atoms with Gasteiger partial charge < -0.3 is 9.73 Å². The summed E-state index contributed by atoms with van der Waals surface area (Å²) < 4.78 is 5.66. The fourth-order valence-electron chi connectivity index (χ4n) is 2.77. The lowest BCUT2D eigenvalue weighted by atomic mass is 10.1. The van der Waals surface area contributed by atoms with E-state index in [1.54, 1.807) is 0 Å². The van der Waals surface area contributed by atoms with Gasteiger partial charge in [-0.3, -0.25) is 4.90 Å². The minimum atomic E-state index is 0.512. The Morgan fingerprint density at radius 3 is 2.83 bits per heavy atom. The minimum absolute atomic E-state index is 0.512. The van der Waals surface area contributed by atoms with Gasteiger partial charge in [-0.05, 0) is 25.3 Å². The van der Waals surface area contributed by atoms with Crippen molar-refractivity contribution in [3.05, 3.63) is 23.7 Å². The molecule has 102 valence electrons. The molecule has 1 fully saturated rings. The predicted molar refractivity (Wildman–Crippen MR) is 74.3 cm³/mol. The number of hydrogen-bond donors (Lipinski definition) is 1. The van der Waals surface area contributed by atoms with Crippen LogP contribution >= 0.6 is 0 Å². The first-order chi connectivity index (χ1) is 8.56. The maximum atomic E-state index is 5.66. The number of furan rings is 1. The zero-order chi connectivity index (χ0) is 13.1. The molecule has 1 aromatic rings. The van der Waals surface area contributed by atoms with E-state index >= 15 is 0 Å². The SMILES string of the molecule is CC1CC(C)N(Cc2occc2CNC(C)C)C1. The molecule has 1 aliphatic rings. The molecule has 0 aliphatic carbocycles. The normalized spacial score (nSPS) is 25.2. The summed E-state index contributed by atoms with van der Waals surface area (Å²) in [6.45, 7) is 12.0. The third-order valence-corrected chi connectivity index (χ3v) is 3.80. The number of rotatable bonds is 5. The molecule has 1 aromatic heterocycles. The van der Waals surface area contributed by atoms with E-state index in [1.807, 2.05) is 6.26 Å². The fourth-order valence-corrected chi connectivity index (χ4v) is 2.77. The van der Waals surface area contributed by atoms with Crippen molar-refractivity contribution in [2.24, 2.45) is 5.92 Å².